The van der Waals surface area contributed by atoms with E-state index in [4.69, 9.17) is 23.2 Å². The summed E-state index contributed by atoms with van der Waals surface area (Å²) in [5.41, 5.74) is 2.72. The van der Waals surface area contributed by atoms with Crippen molar-refractivity contribution in [3.8, 4) is 0 Å². The summed E-state index contributed by atoms with van der Waals surface area (Å²) in [7, 11) is 0. The topological polar surface area (TPSA) is 87.5 Å². The third kappa shape index (κ3) is 8.05. The van der Waals surface area contributed by atoms with Gasteiger partial charge in [-0.2, -0.15) is 0 Å². The number of alkyl halides is 2. The normalized spacial score (nSPS) is 14.6. The highest BCUT2D eigenvalue weighted by atomic mass is 35.5. The van der Waals surface area contributed by atoms with Gasteiger partial charge in [-0.1, -0.05) is 12.1 Å². The number of allylic oxidation sites excluding steroid dienone is 2. The molecule has 2 aromatic heterocycles. The lowest BCUT2D eigenvalue weighted by Gasteiger charge is -2.14. The van der Waals surface area contributed by atoms with Crippen LogP contribution in [0.4, 0.5) is 0 Å². The maximum absolute atomic E-state index is 12.0. The van der Waals surface area contributed by atoms with Crippen LogP contribution in [0.3, 0.4) is 0 Å². The third-order valence-corrected chi connectivity index (χ3v) is 3.88. The first-order valence-corrected chi connectivity index (χ1v) is 10.1. The number of carbonyl (C=O) groups is 1. The van der Waals surface area contributed by atoms with E-state index in [1.165, 1.54) is 6.08 Å². The molecule has 152 valence electrons. The molecule has 0 spiro atoms. The van der Waals surface area contributed by atoms with Crippen LogP contribution in [0.15, 0.2) is 77.4 Å². The Labute approximate surface area is 180 Å². The van der Waals surface area contributed by atoms with Crippen LogP contribution >= 0.6 is 23.2 Å². The zero-order chi connectivity index (χ0) is 20.9. The summed E-state index contributed by atoms with van der Waals surface area (Å²) in [6.45, 7) is 1.06. The number of aliphatic hydroxyl groups is 1. The first-order valence-electron chi connectivity index (χ1n) is 9.01. The highest BCUT2D eigenvalue weighted by Gasteiger charge is 2.17. The van der Waals surface area contributed by atoms with Crippen molar-refractivity contribution in [3.63, 3.8) is 0 Å². The van der Waals surface area contributed by atoms with Gasteiger partial charge >= 0.3 is 0 Å². The lowest BCUT2D eigenvalue weighted by Crippen LogP contribution is -2.25. The Morgan fingerprint density at radius 1 is 0.966 bits per heavy atom. The second kappa shape index (κ2) is 12.7. The second-order valence-electron chi connectivity index (χ2n) is 5.89. The van der Waals surface area contributed by atoms with Gasteiger partial charge in [0.2, 0.25) is 5.78 Å². The number of nitrogens with zero attached hydrogens (tertiary/aromatic N) is 3. The fourth-order valence-electron chi connectivity index (χ4n) is 2.53. The van der Waals surface area contributed by atoms with Crippen molar-refractivity contribution in [2.24, 2.45) is 4.99 Å². The van der Waals surface area contributed by atoms with Crippen LogP contribution in [-0.2, 0) is 17.6 Å². The number of rotatable bonds is 7. The number of hydrogen-bond donors (Lipinski definition) is 2. The van der Waals surface area contributed by atoms with Gasteiger partial charge in [-0.3, -0.25) is 19.8 Å². The molecule has 0 radical (unpaired) electrons. The molecule has 8 heteroatoms. The van der Waals surface area contributed by atoms with Crippen molar-refractivity contribution in [3.05, 3.63) is 83.8 Å². The molecule has 2 aromatic rings. The van der Waals surface area contributed by atoms with Gasteiger partial charge in [0, 0.05) is 55.8 Å². The quantitative estimate of drug-likeness (QED) is 0.515. The Morgan fingerprint density at radius 3 is 2.17 bits per heavy atom. The molecule has 29 heavy (non-hydrogen) atoms. The molecule has 0 amide bonds. The number of pyridine rings is 2. The van der Waals surface area contributed by atoms with Crippen molar-refractivity contribution < 1.29 is 9.90 Å². The molecule has 0 saturated heterocycles. The Kier molecular flexibility index (Phi) is 9.89. The molecule has 6 nitrogen and oxygen atoms in total. The predicted octanol–water partition coefficient (Wildman–Crippen LogP) is 3.62. The fraction of sp³-hybridized carbons (Fsp3) is 0.238. The monoisotopic (exact) mass is 432 g/mol. The van der Waals surface area contributed by atoms with Crippen LogP contribution in [0.5, 0.6) is 0 Å². The first kappa shape index (κ1) is 22.6. The van der Waals surface area contributed by atoms with E-state index in [9.17, 15) is 9.90 Å². The molecular formula is C21H22Cl2N4O2. The van der Waals surface area contributed by atoms with E-state index in [1.807, 2.05) is 36.4 Å². The number of aliphatic imine (C=N–C) groups is 1. The Bertz CT molecular complexity index is 869. The SMILES string of the molecule is ClCCl.O=C1C=C(O)C(NCCc2ccccn2)=CC1=NCCc1ccccn1. The maximum atomic E-state index is 12.0. The van der Waals surface area contributed by atoms with Crippen LogP contribution in [0, 0.1) is 0 Å². The number of halogens is 2. The van der Waals surface area contributed by atoms with E-state index in [2.05, 4.69) is 20.3 Å². The minimum absolute atomic E-state index is 0.0697. The van der Waals surface area contributed by atoms with Gasteiger partial charge in [0.25, 0.3) is 0 Å². The number of aromatic nitrogens is 2. The lowest BCUT2D eigenvalue weighted by atomic mass is 10.1. The number of aliphatic hydroxyl groups excluding tert-OH is 1. The molecule has 0 fully saturated rings. The van der Waals surface area contributed by atoms with Crippen molar-refractivity contribution in [1.82, 2.24) is 15.3 Å². The average Bonchev–Trinajstić information content (AvgIpc) is 2.73. The van der Waals surface area contributed by atoms with E-state index in [0.717, 1.165) is 11.4 Å². The molecule has 0 bridgehead atoms. The summed E-state index contributed by atoms with van der Waals surface area (Å²) in [6.07, 6.45) is 7.64. The Morgan fingerprint density at radius 2 is 1.59 bits per heavy atom. The van der Waals surface area contributed by atoms with Gasteiger partial charge in [0.15, 0.2) is 0 Å². The molecule has 1 aliphatic rings. The van der Waals surface area contributed by atoms with Crippen LogP contribution in [0.2, 0.25) is 0 Å². The van der Waals surface area contributed by atoms with Crippen LogP contribution in [0.25, 0.3) is 0 Å². The van der Waals surface area contributed by atoms with Crippen molar-refractivity contribution >= 4 is 34.7 Å². The van der Waals surface area contributed by atoms with Gasteiger partial charge in [0.1, 0.15) is 11.5 Å². The van der Waals surface area contributed by atoms with Gasteiger partial charge < -0.3 is 10.4 Å². The summed E-state index contributed by atoms with van der Waals surface area (Å²) in [4.78, 5) is 24.9. The summed E-state index contributed by atoms with van der Waals surface area (Å²) in [5.74, 6) is -0.363. The molecule has 0 atom stereocenters. The molecule has 0 aliphatic heterocycles. The largest absolute Gasteiger partial charge is 0.506 e. The summed E-state index contributed by atoms with van der Waals surface area (Å²) >= 11 is 9.53. The lowest BCUT2D eigenvalue weighted by molar-refractivity contribution is -0.109. The molecule has 2 N–H and O–H groups in total. The molecule has 0 aromatic carbocycles. The summed E-state index contributed by atoms with van der Waals surface area (Å²) in [6, 6.07) is 11.5. The molecule has 2 heterocycles. The molecule has 0 unspecified atom stereocenters. The highest BCUT2D eigenvalue weighted by Crippen LogP contribution is 2.11. The molecule has 1 aliphatic carbocycles. The van der Waals surface area contributed by atoms with Gasteiger partial charge in [0.05, 0.1) is 11.0 Å². The average molecular weight is 433 g/mol. The van der Waals surface area contributed by atoms with Gasteiger partial charge in [-0.25, -0.2) is 0 Å². The van der Waals surface area contributed by atoms with E-state index < -0.39 is 0 Å². The van der Waals surface area contributed by atoms with Crippen LogP contribution < -0.4 is 5.32 Å². The number of hydrogen-bond acceptors (Lipinski definition) is 6. The van der Waals surface area contributed by atoms with Crippen molar-refractivity contribution in [1.29, 1.82) is 0 Å². The zero-order valence-corrected chi connectivity index (χ0v) is 17.3. The zero-order valence-electron chi connectivity index (χ0n) is 15.8. The molecular weight excluding hydrogens is 411 g/mol. The minimum Gasteiger partial charge on any atom is -0.506 e. The molecule has 0 saturated carbocycles. The summed E-state index contributed by atoms with van der Waals surface area (Å²) < 4.78 is 0. The number of ketones is 1. The van der Waals surface area contributed by atoms with Gasteiger partial charge in [-0.15, -0.1) is 23.2 Å². The van der Waals surface area contributed by atoms with E-state index in [0.29, 0.717) is 37.3 Å². The number of nitrogens with one attached hydrogen (secondary N) is 1. The molecule has 3 rings (SSSR count). The van der Waals surface area contributed by atoms with Crippen LogP contribution in [0.1, 0.15) is 11.4 Å². The Balaban J connectivity index is 0.000000941. The number of carbonyl (C=O) groups excluding carboxylic acids is 1. The Hall–Kier alpha value is -2.70. The van der Waals surface area contributed by atoms with E-state index in [1.54, 1.807) is 18.5 Å². The van der Waals surface area contributed by atoms with Gasteiger partial charge in [-0.05, 0) is 30.3 Å². The maximum Gasteiger partial charge on any atom is 0.207 e. The van der Waals surface area contributed by atoms with Crippen molar-refractivity contribution in [2.45, 2.75) is 12.8 Å². The smallest absolute Gasteiger partial charge is 0.207 e. The minimum atomic E-state index is -0.293. The predicted molar refractivity (Wildman–Crippen MR) is 117 cm³/mol. The van der Waals surface area contributed by atoms with Crippen LogP contribution in [-0.4, -0.2) is 45.0 Å². The second-order valence-corrected chi connectivity index (χ2v) is 6.70. The fourth-order valence-corrected chi connectivity index (χ4v) is 2.53. The first-order chi connectivity index (χ1) is 14.1. The third-order valence-electron chi connectivity index (χ3n) is 3.88. The van der Waals surface area contributed by atoms with Crippen molar-refractivity contribution in [2.75, 3.05) is 18.4 Å². The summed E-state index contributed by atoms with van der Waals surface area (Å²) in [5, 5.41) is 13.3. The van der Waals surface area contributed by atoms with E-state index in [-0.39, 0.29) is 16.9 Å². The van der Waals surface area contributed by atoms with E-state index >= 15 is 0 Å². The standard InChI is InChI=1S/C20H20N4O2.CH2Cl2/c25-19-14-20(26)18(24-12-8-16-6-2-4-10-22-16)13-17(19)23-11-7-15-5-1-3-9-21-15;2-1-3/h1-6,9-10,13-14,23,25H,7-8,11-12H2;1H2. The highest BCUT2D eigenvalue weighted by molar-refractivity contribution is 6.49.